The molecule has 1 fully saturated rings. The Morgan fingerprint density at radius 2 is 1.59 bits per heavy atom. The first-order valence-electron chi connectivity index (χ1n) is 14.5. The van der Waals surface area contributed by atoms with Crippen LogP contribution in [0, 0.1) is 17.5 Å². The Bertz CT molecular complexity index is 1540. The summed E-state index contributed by atoms with van der Waals surface area (Å²) in [6.07, 6.45) is -4.74. The Morgan fingerprint density at radius 1 is 1.00 bits per heavy atom. The van der Waals surface area contributed by atoms with Crippen LogP contribution in [-0.2, 0) is 21.4 Å². The predicted molar refractivity (Wildman–Crippen MR) is 162 cm³/mol. The van der Waals surface area contributed by atoms with Gasteiger partial charge in [-0.2, -0.15) is 30.2 Å². The minimum absolute atomic E-state index is 0.0408. The average molecular weight is 672 g/mol. The fourth-order valence-corrected chi connectivity index (χ4v) is 7.17. The van der Waals surface area contributed by atoms with Crippen molar-refractivity contribution in [2.24, 2.45) is 0 Å². The van der Waals surface area contributed by atoms with E-state index in [-0.39, 0.29) is 48.0 Å². The number of hydrogen-bond acceptors (Lipinski definition) is 5. The van der Waals surface area contributed by atoms with Crippen LogP contribution in [0.4, 0.5) is 32.0 Å². The molecule has 3 N–H and O–H groups in total. The van der Waals surface area contributed by atoms with Crippen LogP contribution >= 0.6 is 0 Å². The lowest BCUT2D eigenvalue weighted by molar-refractivity contribution is -0.134. The van der Waals surface area contributed by atoms with Crippen molar-refractivity contribution in [1.29, 1.82) is 0 Å². The number of carbonyl (C=O) groups is 1. The zero-order valence-corrected chi connectivity index (χ0v) is 25.9. The van der Waals surface area contributed by atoms with E-state index in [1.165, 1.54) is 73.8 Å². The van der Waals surface area contributed by atoms with Crippen LogP contribution in [0.2, 0.25) is 0 Å². The maximum atomic E-state index is 15.2. The maximum Gasteiger partial charge on any atom is 0.402 e. The first-order valence-corrected chi connectivity index (χ1v) is 15.9. The third-order valence-corrected chi connectivity index (χ3v) is 9.87. The standard InChI is InChI=1S/C31H35F6N5O3S/c1-38-29(28(20-6-10-22(32)11-7-20)21-8-12-23(33)13-9-21)30(43)40-27-5-3-4-26(34)25(27)15-14-24-18-39-16-17-42(24)46(44,45)41(2)19-31(35,36)37/h3-13,24,28-29,38-39H,14-19H2,1-2H3,(H,40,43)/t24-,29-/m0/s1. The van der Waals surface area contributed by atoms with Crippen molar-refractivity contribution in [3.05, 3.63) is 101 Å². The third kappa shape index (κ3) is 8.64. The van der Waals surface area contributed by atoms with Gasteiger partial charge in [-0.1, -0.05) is 30.3 Å². The predicted octanol–water partition coefficient (Wildman–Crippen LogP) is 4.41. The van der Waals surface area contributed by atoms with Crippen LogP contribution in [0.25, 0.3) is 0 Å². The highest BCUT2D eigenvalue weighted by molar-refractivity contribution is 7.86. The molecule has 0 aromatic heterocycles. The van der Waals surface area contributed by atoms with E-state index in [1.54, 1.807) is 0 Å². The molecule has 0 unspecified atom stereocenters. The lowest BCUT2D eigenvalue weighted by Gasteiger charge is -2.37. The van der Waals surface area contributed by atoms with Gasteiger partial charge in [0, 0.05) is 49.9 Å². The molecule has 0 saturated carbocycles. The third-order valence-electron chi connectivity index (χ3n) is 7.88. The van der Waals surface area contributed by atoms with Crippen LogP contribution in [0.15, 0.2) is 66.7 Å². The average Bonchev–Trinajstić information content (AvgIpc) is 3.00. The second-order valence-corrected chi connectivity index (χ2v) is 13.0. The molecule has 2 atom stereocenters. The number of likely N-dealkylation sites (N-methyl/N-ethyl adjacent to an activating group) is 1. The summed E-state index contributed by atoms with van der Waals surface area (Å²) in [5, 5.41) is 8.73. The van der Waals surface area contributed by atoms with E-state index in [2.05, 4.69) is 16.0 Å². The van der Waals surface area contributed by atoms with Crippen LogP contribution in [0.3, 0.4) is 0 Å². The number of piperazine rings is 1. The number of anilines is 1. The van der Waals surface area contributed by atoms with Crippen molar-refractivity contribution in [3.63, 3.8) is 0 Å². The zero-order valence-electron chi connectivity index (χ0n) is 25.1. The van der Waals surface area contributed by atoms with Gasteiger partial charge in [0.2, 0.25) is 5.91 Å². The molecule has 3 aromatic rings. The Labute approximate surface area is 264 Å². The summed E-state index contributed by atoms with van der Waals surface area (Å²) in [6, 6.07) is 13.3. The highest BCUT2D eigenvalue weighted by atomic mass is 32.2. The number of amides is 1. The minimum Gasteiger partial charge on any atom is -0.324 e. The van der Waals surface area contributed by atoms with Crippen molar-refractivity contribution in [3.8, 4) is 0 Å². The maximum absolute atomic E-state index is 15.2. The highest BCUT2D eigenvalue weighted by Crippen LogP contribution is 2.31. The van der Waals surface area contributed by atoms with Crippen LogP contribution in [0.1, 0.15) is 29.0 Å². The van der Waals surface area contributed by atoms with Gasteiger partial charge in [-0.05, 0) is 67.4 Å². The van der Waals surface area contributed by atoms with Gasteiger partial charge in [-0.15, -0.1) is 0 Å². The summed E-state index contributed by atoms with van der Waals surface area (Å²) in [4.78, 5) is 13.8. The van der Waals surface area contributed by atoms with Gasteiger partial charge in [0.25, 0.3) is 10.2 Å². The van der Waals surface area contributed by atoms with Crippen LogP contribution in [0.5, 0.6) is 0 Å². The monoisotopic (exact) mass is 671 g/mol. The number of carbonyl (C=O) groups excluding carboxylic acids is 1. The first kappa shape index (κ1) is 35.4. The van der Waals surface area contributed by atoms with E-state index in [1.807, 2.05) is 0 Å². The molecular weight excluding hydrogens is 636 g/mol. The number of nitrogens with zero attached hydrogens (tertiary/aromatic N) is 2. The fraction of sp³-hybridized carbons (Fsp3) is 0.387. The molecule has 1 amide bonds. The van der Waals surface area contributed by atoms with Gasteiger partial charge in [-0.3, -0.25) is 4.79 Å². The van der Waals surface area contributed by atoms with E-state index in [0.29, 0.717) is 11.1 Å². The molecule has 46 heavy (non-hydrogen) atoms. The molecule has 4 rings (SSSR count). The largest absolute Gasteiger partial charge is 0.402 e. The topological polar surface area (TPSA) is 93.8 Å². The SMILES string of the molecule is CN[C@H](C(=O)Nc1cccc(F)c1CC[C@H]1CNCCN1S(=O)(=O)N(C)CC(F)(F)F)C(c1ccc(F)cc1)c1ccc(F)cc1. The number of halogens is 6. The Hall–Kier alpha value is -3.50. The van der Waals surface area contributed by atoms with Gasteiger partial charge >= 0.3 is 6.18 Å². The smallest absolute Gasteiger partial charge is 0.324 e. The molecule has 1 heterocycles. The Morgan fingerprint density at radius 3 is 2.13 bits per heavy atom. The lowest BCUT2D eigenvalue weighted by atomic mass is 9.84. The van der Waals surface area contributed by atoms with Crippen molar-refractivity contribution in [2.75, 3.05) is 45.6 Å². The number of benzene rings is 3. The number of hydrogen-bond donors (Lipinski definition) is 3. The van der Waals surface area contributed by atoms with Crippen molar-refractivity contribution >= 4 is 21.8 Å². The van der Waals surface area contributed by atoms with Gasteiger partial charge in [0.1, 0.15) is 24.0 Å². The van der Waals surface area contributed by atoms with Crippen LogP contribution < -0.4 is 16.0 Å². The van der Waals surface area contributed by atoms with E-state index in [4.69, 9.17) is 0 Å². The van der Waals surface area contributed by atoms with E-state index >= 15 is 4.39 Å². The minimum atomic E-state index is -4.73. The molecule has 250 valence electrons. The molecule has 3 aromatic carbocycles. The molecule has 0 radical (unpaired) electrons. The molecule has 1 aliphatic rings. The summed E-state index contributed by atoms with van der Waals surface area (Å²) in [6.45, 7) is -1.37. The molecular formula is C31H35F6N5O3S. The van der Waals surface area contributed by atoms with Gasteiger partial charge < -0.3 is 16.0 Å². The van der Waals surface area contributed by atoms with E-state index in [9.17, 15) is 35.2 Å². The quantitative estimate of drug-likeness (QED) is 0.248. The lowest BCUT2D eigenvalue weighted by Crippen LogP contribution is -2.57. The highest BCUT2D eigenvalue weighted by Gasteiger charge is 2.40. The molecule has 15 heteroatoms. The number of alkyl halides is 3. The summed E-state index contributed by atoms with van der Waals surface area (Å²) in [5.41, 5.74) is 1.32. The van der Waals surface area contributed by atoms with E-state index < -0.39 is 64.3 Å². The van der Waals surface area contributed by atoms with Gasteiger partial charge in [0.15, 0.2) is 0 Å². The van der Waals surface area contributed by atoms with Crippen LogP contribution in [-0.4, -0.2) is 81.5 Å². The molecule has 1 saturated heterocycles. The van der Waals surface area contributed by atoms with Gasteiger partial charge in [-0.25, -0.2) is 13.2 Å². The Kier molecular flexibility index (Phi) is 11.5. The Balaban J connectivity index is 1.57. The van der Waals surface area contributed by atoms with E-state index in [0.717, 1.165) is 11.4 Å². The summed E-state index contributed by atoms with van der Waals surface area (Å²) < 4.78 is 109. The summed E-state index contributed by atoms with van der Waals surface area (Å²) in [7, 11) is -2.09. The summed E-state index contributed by atoms with van der Waals surface area (Å²) >= 11 is 0. The van der Waals surface area contributed by atoms with Gasteiger partial charge in [0.05, 0.1) is 6.04 Å². The normalized spacial score (nSPS) is 17.0. The molecule has 0 spiro atoms. The molecule has 0 bridgehead atoms. The fourth-order valence-electron chi connectivity index (χ4n) is 5.62. The molecule has 1 aliphatic heterocycles. The zero-order chi connectivity index (χ0) is 33.6. The van der Waals surface area contributed by atoms with Crippen molar-refractivity contribution in [1.82, 2.24) is 19.2 Å². The van der Waals surface area contributed by atoms with Crippen molar-refractivity contribution < 1.29 is 39.6 Å². The number of rotatable bonds is 12. The second kappa shape index (κ2) is 14.9. The van der Waals surface area contributed by atoms with Crippen molar-refractivity contribution in [2.45, 2.75) is 37.0 Å². The number of nitrogens with one attached hydrogen (secondary N) is 3. The first-order chi connectivity index (χ1) is 21.7. The molecule has 0 aliphatic carbocycles. The second-order valence-electron chi connectivity index (χ2n) is 11.0. The summed E-state index contributed by atoms with van der Waals surface area (Å²) in [5.74, 6) is -2.92. The molecule has 8 nitrogen and oxygen atoms in total.